The molecule has 2 aliphatic carbocycles. The molecule has 4 fully saturated rings. The Labute approximate surface area is 135 Å². The van der Waals surface area contributed by atoms with Crippen molar-refractivity contribution >= 4 is 17.2 Å². The van der Waals surface area contributed by atoms with Gasteiger partial charge in [-0.1, -0.05) is 0 Å². The van der Waals surface area contributed by atoms with Crippen molar-refractivity contribution in [3.63, 3.8) is 0 Å². The molecule has 0 radical (unpaired) electrons. The predicted molar refractivity (Wildman–Crippen MR) is 84.8 cm³/mol. The number of hydrogen-bond acceptors (Lipinski definition) is 3. The fourth-order valence-corrected chi connectivity index (χ4v) is 11.1. The van der Waals surface area contributed by atoms with E-state index in [2.05, 4.69) is 17.5 Å². The summed E-state index contributed by atoms with van der Waals surface area (Å²) in [6, 6.07) is 1.44. The normalized spacial score (nSPS) is 47.4. The van der Waals surface area contributed by atoms with E-state index in [0.29, 0.717) is 18.2 Å². The maximum absolute atomic E-state index is 6.64. The third kappa shape index (κ3) is 2.87. The molecule has 4 unspecified atom stereocenters. The van der Waals surface area contributed by atoms with E-state index in [1.54, 1.807) is 0 Å². The molecule has 0 N–H and O–H groups in total. The van der Waals surface area contributed by atoms with Gasteiger partial charge >= 0.3 is 136 Å². The number of piperidine rings is 1. The first-order chi connectivity index (χ1) is 10.2. The first-order valence-corrected chi connectivity index (χ1v) is 12.4. The molecule has 118 valence electrons. The maximum atomic E-state index is 6.64. The minimum absolute atomic E-state index is 0.513. The van der Waals surface area contributed by atoms with E-state index >= 15 is 0 Å². The predicted octanol–water partition coefficient (Wildman–Crippen LogP) is 3.62. The molecule has 3 nitrogen and oxygen atoms in total. The molecule has 0 bridgehead atoms. The van der Waals surface area contributed by atoms with Crippen LogP contribution in [0.5, 0.6) is 0 Å². The molecule has 0 aromatic rings. The van der Waals surface area contributed by atoms with Gasteiger partial charge in [0.25, 0.3) is 0 Å². The van der Waals surface area contributed by atoms with E-state index in [1.165, 1.54) is 57.8 Å². The van der Waals surface area contributed by atoms with E-state index in [4.69, 9.17) is 7.06 Å². The SMILES string of the molecule is CC1CCC([O][Ga]2[O]C3CCCC4CCC(C)[N]2C43)CC1. The van der Waals surface area contributed by atoms with Crippen LogP contribution >= 0.6 is 0 Å². The molecule has 4 rings (SSSR count). The molecule has 0 amide bonds. The molecular weight excluding hydrogens is 320 g/mol. The summed E-state index contributed by atoms with van der Waals surface area (Å²) < 4.78 is 16.0. The van der Waals surface area contributed by atoms with Gasteiger partial charge in [-0.15, -0.1) is 0 Å². The van der Waals surface area contributed by atoms with E-state index in [-0.39, 0.29) is 0 Å². The Kier molecular flexibility index (Phi) is 4.45. The topological polar surface area (TPSA) is 21.7 Å². The molecule has 2 aliphatic heterocycles. The Bertz CT molecular complexity index is 372. The van der Waals surface area contributed by atoms with Gasteiger partial charge < -0.3 is 0 Å². The summed E-state index contributed by atoms with van der Waals surface area (Å²) in [6.07, 6.45) is 13.2. The van der Waals surface area contributed by atoms with Crippen LogP contribution in [0.25, 0.3) is 0 Å². The zero-order valence-corrected chi connectivity index (χ0v) is 16.1. The van der Waals surface area contributed by atoms with Gasteiger partial charge in [-0.3, -0.25) is 0 Å². The fourth-order valence-electron chi connectivity index (χ4n) is 5.22. The van der Waals surface area contributed by atoms with Crippen molar-refractivity contribution < 1.29 is 7.06 Å². The second-order valence-corrected chi connectivity index (χ2v) is 11.7. The summed E-state index contributed by atoms with van der Waals surface area (Å²) in [7, 11) is 0. The number of nitrogens with zero attached hydrogens (tertiary/aromatic N) is 1. The molecule has 0 aromatic heterocycles. The van der Waals surface area contributed by atoms with Gasteiger partial charge in [0.2, 0.25) is 0 Å². The van der Waals surface area contributed by atoms with E-state index < -0.39 is 17.2 Å². The van der Waals surface area contributed by atoms with Crippen LogP contribution in [0, 0.1) is 11.8 Å². The van der Waals surface area contributed by atoms with Crippen LogP contribution in [0.3, 0.4) is 0 Å². The first kappa shape index (κ1) is 15.1. The van der Waals surface area contributed by atoms with Crippen molar-refractivity contribution in [2.75, 3.05) is 0 Å². The molecule has 21 heavy (non-hydrogen) atoms. The first-order valence-electron chi connectivity index (χ1n) is 9.30. The third-order valence-corrected chi connectivity index (χ3v) is 11.9. The Morgan fingerprint density at radius 2 is 1.76 bits per heavy atom. The van der Waals surface area contributed by atoms with Crippen molar-refractivity contribution in [2.45, 2.75) is 95.9 Å². The zero-order valence-electron chi connectivity index (χ0n) is 13.7. The van der Waals surface area contributed by atoms with Crippen molar-refractivity contribution in [1.29, 1.82) is 0 Å². The van der Waals surface area contributed by atoms with Gasteiger partial charge in [0.15, 0.2) is 0 Å². The van der Waals surface area contributed by atoms with Crippen LogP contribution < -0.4 is 0 Å². The van der Waals surface area contributed by atoms with Crippen LogP contribution in [0.2, 0.25) is 0 Å². The van der Waals surface area contributed by atoms with E-state index in [0.717, 1.165) is 17.9 Å². The second-order valence-electron chi connectivity index (χ2n) is 8.05. The van der Waals surface area contributed by atoms with Gasteiger partial charge in [-0.25, -0.2) is 0 Å². The summed E-state index contributed by atoms with van der Waals surface area (Å²) >= 11 is -2.16. The van der Waals surface area contributed by atoms with Crippen molar-refractivity contribution in [3.05, 3.63) is 0 Å². The van der Waals surface area contributed by atoms with Crippen LogP contribution in [0.4, 0.5) is 0 Å². The van der Waals surface area contributed by atoms with Crippen molar-refractivity contribution in [1.82, 2.24) is 3.61 Å². The summed E-state index contributed by atoms with van der Waals surface area (Å²) in [5.41, 5.74) is 0. The minimum atomic E-state index is -2.16. The Balaban J connectivity index is 1.45. The average Bonchev–Trinajstić information content (AvgIpc) is 2.86. The average molecular weight is 350 g/mol. The zero-order chi connectivity index (χ0) is 14.4. The fraction of sp³-hybridized carbons (Fsp3) is 1.00. The summed E-state index contributed by atoms with van der Waals surface area (Å²) in [5, 5.41) is 0. The monoisotopic (exact) mass is 349 g/mol. The van der Waals surface area contributed by atoms with E-state index in [1.807, 2.05) is 0 Å². The molecule has 2 saturated carbocycles. The van der Waals surface area contributed by atoms with Crippen molar-refractivity contribution in [2.24, 2.45) is 11.8 Å². The van der Waals surface area contributed by atoms with Gasteiger partial charge in [-0.05, 0) is 0 Å². The summed E-state index contributed by atoms with van der Waals surface area (Å²) in [6.45, 7) is 4.80. The van der Waals surface area contributed by atoms with Gasteiger partial charge in [0, 0.05) is 0 Å². The van der Waals surface area contributed by atoms with Gasteiger partial charge in [0.1, 0.15) is 0 Å². The summed E-state index contributed by atoms with van der Waals surface area (Å²) in [4.78, 5) is 0. The number of hydrogen-bond donors (Lipinski definition) is 0. The molecular formula is C17H30GaNO2. The standard InChI is InChI=1S/C10H17NO.C7H13O.Ga/c1-7-5-6-8-3-2-4-9(12)10(8)11-7;1-6-2-4-7(8)5-3-6;/h7-10H,2-6H2,1H3;6-7H,2-5H2,1H3;/q-2;-1;+3. The molecule has 4 aliphatic rings. The molecule has 2 heterocycles. The second kappa shape index (κ2) is 6.19. The van der Waals surface area contributed by atoms with Gasteiger partial charge in [0.05, 0.1) is 0 Å². The van der Waals surface area contributed by atoms with Crippen molar-refractivity contribution in [3.8, 4) is 0 Å². The molecule has 0 aromatic carbocycles. The molecule has 0 spiro atoms. The Morgan fingerprint density at radius 1 is 0.952 bits per heavy atom. The number of rotatable bonds is 2. The van der Waals surface area contributed by atoms with Crippen LogP contribution in [0.15, 0.2) is 0 Å². The van der Waals surface area contributed by atoms with Crippen LogP contribution in [-0.4, -0.2) is 45.1 Å². The Hall–Kier alpha value is 0.516. The van der Waals surface area contributed by atoms with Crippen LogP contribution in [0.1, 0.15) is 71.6 Å². The van der Waals surface area contributed by atoms with Crippen LogP contribution in [-0.2, 0) is 7.06 Å². The molecule has 2 saturated heterocycles. The third-order valence-electron chi connectivity index (χ3n) is 6.54. The van der Waals surface area contributed by atoms with Gasteiger partial charge in [-0.2, -0.15) is 0 Å². The van der Waals surface area contributed by atoms with E-state index in [9.17, 15) is 0 Å². The summed E-state index contributed by atoms with van der Waals surface area (Å²) in [5.74, 6) is 1.81. The molecule has 4 heteroatoms. The Morgan fingerprint density at radius 3 is 2.57 bits per heavy atom. The molecule has 4 atom stereocenters. The quantitative estimate of drug-likeness (QED) is 0.710.